The lowest BCUT2D eigenvalue weighted by Gasteiger charge is -2.15. The Labute approximate surface area is 147 Å². The summed E-state index contributed by atoms with van der Waals surface area (Å²) in [6.07, 6.45) is 9.95. The van der Waals surface area contributed by atoms with Gasteiger partial charge in [-0.15, -0.1) is 0 Å². The quantitative estimate of drug-likeness (QED) is 0.439. The highest BCUT2D eigenvalue weighted by Gasteiger charge is 2.12. The molecule has 0 N–H and O–H groups in total. The molecule has 1 rings (SSSR count). The zero-order valence-corrected chi connectivity index (χ0v) is 15.9. The smallest absolute Gasteiger partial charge is 0.203 e. The number of ether oxygens (including phenoxy) is 4. The van der Waals surface area contributed by atoms with Crippen LogP contribution in [0.25, 0.3) is 0 Å². The summed E-state index contributed by atoms with van der Waals surface area (Å²) >= 11 is 0. The van der Waals surface area contributed by atoms with Gasteiger partial charge in [0.2, 0.25) is 5.75 Å². The molecule has 4 nitrogen and oxygen atoms in total. The molecule has 0 saturated heterocycles. The van der Waals surface area contributed by atoms with E-state index < -0.39 is 0 Å². The van der Waals surface area contributed by atoms with Gasteiger partial charge >= 0.3 is 0 Å². The predicted molar refractivity (Wildman–Crippen MR) is 98.6 cm³/mol. The minimum atomic E-state index is 0.698. The van der Waals surface area contributed by atoms with Gasteiger partial charge in [0, 0.05) is 13.7 Å². The van der Waals surface area contributed by atoms with Gasteiger partial charge in [-0.2, -0.15) is 0 Å². The van der Waals surface area contributed by atoms with Crippen LogP contribution in [-0.2, 0) is 4.74 Å². The Morgan fingerprint density at radius 2 is 1.12 bits per heavy atom. The van der Waals surface area contributed by atoms with E-state index in [0.29, 0.717) is 12.4 Å². The van der Waals surface area contributed by atoms with Crippen LogP contribution in [0.4, 0.5) is 0 Å². The number of unbranched alkanes of at least 4 members (excludes halogenated alkanes) is 7. The Bertz CT molecular complexity index is 420. The van der Waals surface area contributed by atoms with E-state index in [1.54, 1.807) is 21.3 Å². The first kappa shape index (κ1) is 20.6. The third-order valence-electron chi connectivity index (χ3n) is 4.09. The summed E-state index contributed by atoms with van der Waals surface area (Å²) in [6.45, 7) is 3.61. The molecule has 0 aliphatic heterocycles. The number of aryl methyl sites for hydroxylation is 1. The molecule has 0 saturated carbocycles. The highest BCUT2D eigenvalue weighted by Crippen LogP contribution is 2.38. The molecule has 0 atom stereocenters. The second-order valence-electron chi connectivity index (χ2n) is 6.17. The van der Waals surface area contributed by atoms with Crippen molar-refractivity contribution in [3.05, 3.63) is 17.7 Å². The number of hydrogen-bond donors (Lipinski definition) is 0. The Morgan fingerprint density at radius 3 is 1.58 bits per heavy atom. The third kappa shape index (κ3) is 7.91. The van der Waals surface area contributed by atoms with Crippen molar-refractivity contribution in [3.8, 4) is 17.2 Å². The lowest BCUT2D eigenvalue weighted by atomic mass is 10.1. The maximum Gasteiger partial charge on any atom is 0.203 e. The zero-order chi connectivity index (χ0) is 17.6. The van der Waals surface area contributed by atoms with E-state index in [1.165, 1.54) is 44.9 Å². The molecule has 138 valence electrons. The van der Waals surface area contributed by atoms with Crippen LogP contribution in [0.5, 0.6) is 17.2 Å². The summed E-state index contributed by atoms with van der Waals surface area (Å²) in [5.74, 6) is 2.19. The Balaban J connectivity index is 2.17. The molecule has 0 heterocycles. The number of hydrogen-bond acceptors (Lipinski definition) is 4. The van der Waals surface area contributed by atoms with E-state index in [4.69, 9.17) is 18.9 Å². The molecule has 0 unspecified atom stereocenters. The first-order valence-electron chi connectivity index (χ1n) is 9.07. The molecule has 0 spiro atoms. The molecule has 1 aromatic rings. The van der Waals surface area contributed by atoms with Crippen molar-refractivity contribution in [1.29, 1.82) is 0 Å². The molecule has 0 aromatic heterocycles. The average molecular weight is 338 g/mol. The van der Waals surface area contributed by atoms with Crippen LogP contribution in [0.3, 0.4) is 0 Å². The fourth-order valence-electron chi connectivity index (χ4n) is 2.74. The van der Waals surface area contributed by atoms with Crippen molar-refractivity contribution in [2.24, 2.45) is 0 Å². The van der Waals surface area contributed by atoms with Crippen molar-refractivity contribution < 1.29 is 18.9 Å². The summed E-state index contributed by atoms with van der Waals surface area (Å²) in [6, 6.07) is 3.95. The fraction of sp³-hybridized carbons (Fsp3) is 0.700. The van der Waals surface area contributed by atoms with Crippen LogP contribution < -0.4 is 14.2 Å². The van der Waals surface area contributed by atoms with E-state index in [9.17, 15) is 0 Å². The van der Waals surface area contributed by atoms with Gasteiger partial charge in [-0.1, -0.05) is 38.5 Å². The Kier molecular flexibility index (Phi) is 11.1. The van der Waals surface area contributed by atoms with Gasteiger partial charge in [0.05, 0.1) is 20.8 Å². The fourth-order valence-corrected chi connectivity index (χ4v) is 2.74. The largest absolute Gasteiger partial charge is 0.493 e. The standard InChI is InChI=1S/C20H34O4/c1-17-15-18(22-3)20(19(16-17)23-4)24-14-12-10-8-6-5-7-9-11-13-21-2/h15-16H,5-14H2,1-4H3. The van der Waals surface area contributed by atoms with Gasteiger partial charge in [-0.25, -0.2) is 0 Å². The molecule has 0 aliphatic rings. The second kappa shape index (κ2) is 12.9. The van der Waals surface area contributed by atoms with Crippen molar-refractivity contribution in [3.63, 3.8) is 0 Å². The highest BCUT2D eigenvalue weighted by molar-refractivity contribution is 5.53. The monoisotopic (exact) mass is 338 g/mol. The molecule has 0 fully saturated rings. The van der Waals surface area contributed by atoms with Crippen molar-refractivity contribution in [1.82, 2.24) is 0 Å². The molecule has 0 radical (unpaired) electrons. The number of methoxy groups -OCH3 is 3. The van der Waals surface area contributed by atoms with Crippen LogP contribution in [0.2, 0.25) is 0 Å². The van der Waals surface area contributed by atoms with Gasteiger partial charge in [0.15, 0.2) is 11.5 Å². The first-order chi connectivity index (χ1) is 11.7. The van der Waals surface area contributed by atoms with Crippen molar-refractivity contribution >= 4 is 0 Å². The summed E-state index contributed by atoms with van der Waals surface area (Å²) in [4.78, 5) is 0. The van der Waals surface area contributed by atoms with Crippen molar-refractivity contribution in [2.75, 3.05) is 34.5 Å². The average Bonchev–Trinajstić information content (AvgIpc) is 2.59. The number of benzene rings is 1. The van der Waals surface area contributed by atoms with E-state index in [2.05, 4.69) is 0 Å². The number of rotatable bonds is 14. The SMILES string of the molecule is COCCCCCCCCCCOc1c(OC)cc(C)cc1OC. The third-order valence-corrected chi connectivity index (χ3v) is 4.09. The second-order valence-corrected chi connectivity index (χ2v) is 6.17. The Hall–Kier alpha value is -1.42. The van der Waals surface area contributed by atoms with Crippen molar-refractivity contribution in [2.45, 2.75) is 58.3 Å². The van der Waals surface area contributed by atoms with Crippen LogP contribution in [0.1, 0.15) is 56.9 Å². The molecule has 0 bridgehead atoms. The molecular formula is C20H34O4. The van der Waals surface area contributed by atoms with E-state index >= 15 is 0 Å². The lowest BCUT2D eigenvalue weighted by Crippen LogP contribution is -2.02. The summed E-state index contributed by atoms with van der Waals surface area (Å²) in [7, 11) is 5.09. The predicted octanol–water partition coefficient (Wildman–Crippen LogP) is 5.16. The minimum absolute atomic E-state index is 0.698. The van der Waals surface area contributed by atoms with Crippen LogP contribution >= 0.6 is 0 Å². The highest BCUT2D eigenvalue weighted by atomic mass is 16.5. The van der Waals surface area contributed by atoms with Crippen LogP contribution in [0.15, 0.2) is 12.1 Å². The zero-order valence-electron chi connectivity index (χ0n) is 15.9. The maximum absolute atomic E-state index is 5.91. The maximum atomic E-state index is 5.91. The Morgan fingerprint density at radius 1 is 0.667 bits per heavy atom. The van der Waals surface area contributed by atoms with Gasteiger partial charge in [-0.05, 0) is 37.5 Å². The normalized spacial score (nSPS) is 10.7. The minimum Gasteiger partial charge on any atom is -0.493 e. The lowest BCUT2D eigenvalue weighted by molar-refractivity contribution is 0.192. The molecule has 24 heavy (non-hydrogen) atoms. The van der Waals surface area contributed by atoms with Gasteiger partial charge in [0.1, 0.15) is 0 Å². The van der Waals surface area contributed by atoms with E-state index in [0.717, 1.165) is 30.1 Å². The van der Waals surface area contributed by atoms with Crippen LogP contribution in [-0.4, -0.2) is 34.5 Å². The van der Waals surface area contributed by atoms with Gasteiger partial charge in [0.25, 0.3) is 0 Å². The first-order valence-corrected chi connectivity index (χ1v) is 9.07. The molecule has 4 heteroatoms. The molecular weight excluding hydrogens is 304 g/mol. The summed E-state index contributed by atoms with van der Waals surface area (Å²) < 4.78 is 21.8. The van der Waals surface area contributed by atoms with Crippen LogP contribution in [0, 0.1) is 6.92 Å². The summed E-state index contributed by atoms with van der Waals surface area (Å²) in [5.41, 5.74) is 1.10. The molecule has 1 aromatic carbocycles. The summed E-state index contributed by atoms with van der Waals surface area (Å²) in [5, 5.41) is 0. The van der Waals surface area contributed by atoms with E-state index in [-0.39, 0.29) is 0 Å². The topological polar surface area (TPSA) is 36.9 Å². The van der Waals surface area contributed by atoms with Gasteiger partial charge < -0.3 is 18.9 Å². The molecule has 0 amide bonds. The van der Waals surface area contributed by atoms with Gasteiger partial charge in [-0.3, -0.25) is 0 Å². The molecule has 0 aliphatic carbocycles. The van der Waals surface area contributed by atoms with E-state index in [1.807, 2.05) is 19.1 Å².